The second-order valence-corrected chi connectivity index (χ2v) is 4.90. The van der Waals surface area contributed by atoms with Crippen LogP contribution in [-0.2, 0) is 11.2 Å². The number of carboxylic acid groups (broad SMARTS) is 2. The van der Waals surface area contributed by atoms with Gasteiger partial charge in [0.15, 0.2) is 5.78 Å². The molecule has 0 saturated heterocycles. The van der Waals surface area contributed by atoms with E-state index in [0.29, 0.717) is 11.1 Å². The summed E-state index contributed by atoms with van der Waals surface area (Å²) in [5.41, 5.74) is 2.11. The monoisotopic (exact) mass is 310 g/mol. The molecule has 2 rings (SSSR count). The smallest absolute Gasteiger partial charge is 0.335 e. The Labute approximate surface area is 132 Å². The Kier molecular flexibility index (Phi) is 5.04. The van der Waals surface area contributed by atoms with Gasteiger partial charge in [-0.2, -0.15) is 0 Å². The summed E-state index contributed by atoms with van der Waals surface area (Å²) in [6, 6.07) is 12.8. The van der Waals surface area contributed by atoms with E-state index in [9.17, 15) is 14.4 Å². The Morgan fingerprint density at radius 3 is 1.91 bits per heavy atom. The minimum atomic E-state index is -1.03. The third kappa shape index (κ3) is 4.64. The van der Waals surface area contributed by atoms with Crippen molar-refractivity contribution < 1.29 is 24.6 Å². The maximum absolute atomic E-state index is 12.2. The number of hydrogen-bond acceptors (Lipinski definition) is 3. The summed E-state index contributed by atoms with van der Waals surface area (Å²) in [5.74, 6) is -2.13. The minimum Gasteiger partial charge on any atom is -0.478 e. The number of carboxylic acids is 2. The van der Waals surface area contributed by atoms with Gasteiger partial charge in [0.2, 0.25) is 0 Å². The lowest BCUT2D eigenvalue weighted by Gasteiger charge is -2.03. The van der Waals surface area contributed by atoms with Gasteiger partial charge in [-0.3, -0.25) is 4.79 Å². The Morgan fingerprint density at radius 2 is 1.39 bits per heavy atom. The standard InChI is InChI=1S/C18H14O5/c19-16(11-13-3-8-15(9-4-13)18(22)23)14-6-1-12(2-7-14)5-10-17(20)21/h1-10H,11H2,(H,20,21)(H,22,23)/b10-5+. The molecule has 0 aromatic heterocycles. The van der Waals surface area contributed by atoms with Gasteiger partial charge in [-0.1, -0.05) is 36.4 Å². The van der Waals surface area contributed by atoms with E-state index < -0.39 is 11.9 Å². The van der Waals surface area contributed by atoms with Gasteiger partial charge in [0, 0.05) is 18.1 Å². The van der Waals surface area contributed by atoms with Crippen LogP contribution in [0.3, 0.4) is 0 Å². The molecule has 0 radical (unpaired) electrons. The van der Waals surface area contributed by atoms with Crippen LogP contribution >= 0.6 is 0 Å². The number of hydrogen-bond donors (Lipinski definition) is 2. The van der Waals surface area contributed by atoms with Gasteiger partial charge in [0.25, 0.3) is 0 Å². The summed E-state index contributed by atoms with van der Waals surface area (Å²) in [6.07, 6.45) is 2.65. The number of aromatic carboxylic acids is 1. The summed E-state index contributed by atoms with van der Waals surface area (Å²) >= 11 is 0. The summed E-state index contributed by atoms with van der Waals surface area (Å²) in [7, 11) is 0. The fourth-order valence-corrected chi connectivity index (χ4v) is 2.00. The molecule has 0 atom stereocenters. The second kappa shape index (κ2) is 7.17. The van der Waals surface area contributed by atoms with Crippen LogP contribution in [0.2, 0.25) is 0 Å². The van der Waals surface area contributed by atoms with Crippen molar-refractivity contribution in [2.75, 3.05) is 0 Å². The van der Waals surface area contributed by atoms with Crippen LogP contribution in [0.1, 0.15) is 31.8 Å². The van der Waals surface area contributed by atoms with Gasteiger partial charge in [0.1, 0.15) is 0 Å². The molecule has 2 N–H and O–H groups in total. The van der Waals surface area contributed by atoms with E-state index in [1.54, 1.807) is 36.4 Å². The quantitative estimate of drug-likeness (QED) is 0.632. The van der Waals surface area contributed by atoms with Crippen LogP contribution in [-0.4, -0.2) is 27.9 Å². The van der Waals surface area contributed by atoms with Crippen molar-refractivity contribution in [3.63, 3.8) is 0 Å². The van der Waals surface area contributed by atoms with Crippen molar-refractivity contribution in [3.05, 3.63) is 76.9 Å². The van der Waals surface area contributed by atoms with Gasteiger partial charge in [-0.25, -0.2) is 9.59 Å². The van der Waals surface area contributed by atoms with Crippen molar-refractivity contribution in [1.82, 2.24) is 0 Å². The molecule has 0 fully saturated rings. The Morgan fingerprint density at radius 1 is 0.826 bits per heavy atom. The average molecular weight is 310 g/mol. The molecule has 0 unspecified atom stereocenters. The topological polar surface area (TPSA) is 91.7 Å². The van der Waals surface area contributed by atoms with Gasteiger partial charge in [-0.15, -0.1) is 0 Å². The largest absolute Gasteiger partial charge is 0.478 e. The maximum atomic E-state index is 12.2. The predicted molar refractivity (Wildman–Crippen MR) is 84.5 cm³/mol. The van der Waals surface area contributed by atoms with Gasteiger partial charge < -0.3 is 10.2 Å². The number of rotatable bonds is 6. The summed E-state index contributed by atoms with van der Waals surface area (Å²) in [6.45, 7) is 0. The fourth-order valence-electron chi connectivity index (χ4n) is 2.00. The van der Waals surface area contributed by atoms with Crippen molar-refractivity contribution in [1.29, 1.82) is 0 Å². The van der Waals surface area contributed by atoms with Crippen LogP contribution in [0, 0.1) is 0 Å². The average Bonchev–Trinajstić information content (AvgIpc) is 2.54. The zero-order valence-electron chi connectivity index (χ0n) is 12.1. The lowest BCUT2D eigenvalue weighted by Crippen LogP contribution is -2.04. The molecule has 5 nitrogen and oxygen atoms in total. The number of benzene rings is 2. The predicted octanol–water partition coefficient (Wildman–Crippen LogP) is 2.91. The van der Waals surface area contributed by atoms with Crippen molar-refractivity contribution in [3.8, 4) is 0 Å². The molecule has 2 aromatic rings. The van der Waals surface area contributed by atoms with E-state index in [4.69, 9.17) is 10.2 Å². The first-order chi connectivity index (χ1) is 11.0. The highest BCUT2D eigenvalue weighted by atomic mass is 16.4. The lowest BCUT2D eigenvalue weighted by molar-refractivity contribution is -0.131. The van der Waals surface area contributed by atoms with Crippen LogP contribution in [0.5, 0.6) is 0 Å². The van der Waals surface area contributed by atoms with E-state index >= 15 is 0 Å². The SMILES string of the molecule is O=C(O)/C=C/c1ccc(C(=O)Cc2ccc(C(=O)O)cc2)cc1. The number of aliphatic carboxylic acids is 1. The molecule has 0 aliphatic heterocycles. The highest BCUT2D eigenvalue weighted by molar-refractivity contribution is 5.98. The van der Waals surface area contributed by atoms with E-state index in [2.05, 4.69) is 0 Å². The van der Waals surface area contributed by atoms with E-state index in [1.807, 2.05) is 0 Å². The third-order valence-electron chi connectivity index (χ3n) is 3.22. The molecular weight excluding hydrogens is 296 g/mol. The minimum absolute atomic E-state index is 0.0955. The Hall–Kier alpha value is -3.21. The summed E-state index contributed by atoms with van der Waals surface area (Å²) < 4.78 is 0. The first-order valence-electron chi connectivity index (χ1n) is 6.82. The van der Waals surface area contributed by atoms with Gasteiger partial charge in [-0.05, 0) is 29.3 Å². The number of ketones is 1. The molecule has 23 heavy (non-hydrogen) atoms. The Bertz CT molecular complexity index is 755. The van der Waals surface area contributed by atoms with Crippen molar-refractivity contribution >= 4 is 23.8 Å². The molecular formula is C18H14O5. The highest BCUT2D eigenvalue weighted by Gasteiger charge is 2.08. The Balaban J connectivity index is 2.05. The molecule has 5 heteroatoms. The molecule has 116 valence electrons. The van der Waals surface area contributed by atoms with E-state index in [1.165, 1.54) is 18.2 Å². The van der Waals surface area contributed by atoms with Crippen molar-refractivity contribution in [2.45, 2.75) is 6.42 Å². The summed E-state index contributed by atoms with van der Waals surface area (Å²) in [4.78, 5) is 33.4. The normalized spacial score (nSPS) is 10.6. The molecule has 0 bridgehead atoms. The summed E-state index contributed by atoms with van der Waals surface area (Å²) in [5, 5.41) is 17.4. The molecule has 2 aromatic carbocycles. The first kappa shape index (κ1) is 16.2. The highest BCUT2D eigenvalue weighted by Crippen LogP contribution is 2.11. The zero-order valence-corrected chi connectivity index (χ0v) is 12.1. The number of carbonyl (C=O) groups is 3. The third-order valence-corrected chi connectivity index (χ3v) is 3.22. The molecule has 0 heterocycles. The maximum Gasteiger partial charge on any atom is 0.335 e. The lowest BCUT2D eigenvalue weighted by atomic mass is 10.0. The number of carbonyl (C=O) groups excluding carboxylic acids is 1. The zero-order chi connectivity index (χ0) is 16.8. The fraction of sp³-hybridized carbons (Fsp3) is 0.0556. The molecule has 0 aliphatic carbocycles. The van der Waals surface area contributed by atoms with Gasteiger partial charge in [0.05, 0.1) is 5.56 Å². The van der Waals surface area contributed by atoms with Crippen LogP contribution in [0.15, 0.2) is 54.6 Å². The first-order valence-corrected chi connectivity index (χ1v) is 6.82. The van der Waals surface area contributed by atoms with Crippen molar-refractivity contribution in [2.24, 2.45) is 0 Å². The molecule has 0 amide bonds. The number of Topliss-reactive ketones (excluding diaryl/α,β-unsaturated/α-hetero) is 1. The van der Waals surface area contributed by atoms with E-state index in [-0.39, 0.29) is 17.8 Å². The van der Waals surface area contributed by atoms with Crippen LogP contribution < -0.4 is 0 Å². The van der Waals surface area contributed by atoms with E-state index in [0.717, 1.165) is 11.6 Å². The molecule has 0 aliphatic rings. The second-order valence-electron chi connectivity index (χ2n) is 4.90. The van der Waals surface area contributed by atoms with Crippen LogP contribution in [0.25, 0.3) is 6.08 Å². The molecule has 0 spiro atoms. The molecule has 0 saturated carbocycles. The van der Waals surface area contributed by atoms with Gasteiger partial charge >= 0.3 is 11.9 Å². The van der Waals surface area contributed by atoms with Crippen LogP contribution in [0.4, 0.5) is 0 Å².